The van der Waals surface area contributed by atoms with Gasteiger partial charge in [-0.05, 0) is 42.4 Å². The van der Waals surface area contributed by atoms with Gasteiger partial charge in [-0.25, -0.2) is 4.79 Å². The van der Waals surface area contributed by atoms with Crippen molar-refractivity contribution in [3.05, 3.63) is 34.9 Å². The van der Waals surface area contributed by atoms with Gasteiger partial charge in [0.2, 0.25) is 0 Å². The van der Waals surface area contributed by atoms with Crippen molar-refractivity contribution in [2.24, 2.45) is 0 Å². The minimum Gasteiger partial charge on any atom is -0.479 e. The molecule has 1 N–H and O–H groups in total. The maximum atomic E-state index is 11.0. The Balaban J connectivity index is 2.23. The van der Waals surface area contributed by atoms with Crippen LogP contribution in [0, 0.1) is 0 Å². The van der Waals surface area contributed by atoms with Crippen molar-refractivity contribution in [3.8, 4) is 0 Å². The summed E-state index contributed by atoms with van der Waals surface area (Å²) >= 11 is 0. The molecule has 1 aliphatic carbocycles. The summed E-state index contributed by atoms with van der Waals surface area (Å²) in [5, 5.41) is 9.01. The van der Waals surface area contributed by atoms with Gasteiger partial charge in [0, 0.05) is 13.5 Å². The Bertz CT molecular complexity index is 412. The quantitative estimate of drug-likeness (QED) is 0.868. The van der Waals surface area contributed by atoms with Gasteiger partial charge in [0.25, 0.3) is 0 Å². The normalized spacial score (nSPS) is 16.3. The molecule has 0 saturated carbocycles. The minimum absolute atomic E-state index is 0.467. The number of aryl methyl sites for hydroxylation is 1. The first-order valence-electron chi connectivity index (χ1n) is 6.07. The highest BCUT2D eigenvalue weighted by atomic mass is 16.5. The van der Waals surface area contributed by atoms with Crippen LogP contribution in [-0.2, 0) is 28.8 Å². The van der Waals surface area contributed by atoms with Gasteiger partial charge in [0.15, 0.2) is 6.10 Å². The Morgan fingerprint density at radius 1 is 1.41 bits per heavy atom. The fourth-order valence-electron chi connectivity index (χ4n) is 2.52. The molecule has 0 fully saturated rings. The number of carbonyl (C=O) groups is 1. The van der Waals surface area contributed by atoms with E-state index < -0.39 is 12.1 Å². The SMILES string of the molecule is COC(Cc1cccc2c1CCCC2)C(=O)O. The number of aliphatic carboxylic acids is 1. The number of ether oxygens (including phenoxy) is 1. The lowest BCUT2D eigenvalue weighted by atomic mass is 9.86. The van der Waals surface area contributed by atoms with E-state index in [-0.39, 0.29) is 0 Å². The number of methoxy groups -OCH3 is 1. The molecule has 92 valence electrons. The molecule has 0 aromatic heterocycles. The van der Waals surface area contributed by atoms with Crippen LogP contribution in [0.1, 0.15) is 29.5 Å². The number of hydrogen-bond acceptors (Lipinski definition) is 2. The lowest BCUT2D eigenvalue weighted by molar-refractivity contribution is -0.148. The number of benzene rings is 1. The summed E-state index contributed by atoms with van der Waals surface area (Å²) < 4.78 is 5.01. The van der Waals surface area contributed by atoms with Gasteiger partial charge in [0.05, 0.1) is 0 Å². The van der Waals surface area contributed by atoms with Crippen LogP contribution in [0.25, 0.3) is 0 Å². The summed E-state index contributed by atoms with van der Waals surface area (Å²) in [5.74, 6) is -0.888. The van der Waals surface area contributed by atoms with Crippen molar-refractivity contribution in [3.63, 3.8) is 0 Å². The molecule has 1 aliphatic rings. The summed E-state index contributed by atoms with van der Waals surface area (Å²) in [6, 6.07) is 6.20. The number of hydrogen-bond donors (Lipinski definition) is 1. The topological polar surface area (TPSA) is 46.5 Å². The van der Waals surface area contributed by atoms with Crippen molar-refractivity contribution in [2.75, 3.05) is 7.11 Å². The smallest absolute Gasteiger partial charge is 0.333 e. The van der Waals surface area contributed by atoms with E-state index in [9.17, 15) is 4.79 Å². The largest absolute Gasteiger partial charge is 0.479 e. The van der Waals surface area contributed by atoms with Crippen molar-refractivity contribution >= 4 is 5.97 Å². The third-order valence-corrected chi connectivity index (χ3v) is 3.46. The first kappa shape index (κ1) is 12.1. The van der Waals surface area contributed by atoms with Crippen LogP contribution in [-0.4, -0.2) is 24.3 Å². The molecule has 0 amide bonds. The minimum atomic E-state index is -0.888. The van der Waals surface area contributed by atoms with Gasteiger partial charge < -0.3 is 9.84 Å². The molecular formula is C14H18O3. The van der Waals surface area contributed by atoms with Gasteiger partial charge >= 0.3 is 5.97 Å². The molecule has 0 spiro atoms. The molecule has 0 heterocycles. The van der Waals surface area contributed by atoms with E-state index in [1.54, 1.807) is 0 Å². The number of rotatable bonds is 4. The zero-order valence-electron chi connectivity index (χ0n) is 10.1. The van der Waals surface area contributed by atoms with E-state index in [2.05, 4.69) is 6.07 Å². The van der Waals surface area contributed by atoms with E-state index in [0.29, 0.717) is 6.42 Å². The van der Waals surface area contributed by atoms with E-state index in [0.717, 1.165) is 18.4 Å². The second-order valence-corrected chi connectivity index (χ2v) is 4.53. The van der Waals surface area contributed by atoms with Crippen molar-refractivity contribution in [2.45, 2.75) is 38.2 Å². The Morgan fingerprint density at radius 3 is 2.88 bits per heavy atom. The van der Waals surface area contributed by atoms with Crippen LogP contribution >= 0.6 is 0 Å². The third-order valence-electron chi connectivity index (χ3n) is 3.46. The van der Waals surface area contributed by atoms with Gasteiger partial charge in [-0.1, -0.05) is 18.2 Å². The average molecular weight is 234 g/mol. The van der Waals surface area contributed by atoms with Crippen LogP contribution in [0.3, 0.4) is 0 Å². The summed E-state index contributed by atoms with van der Waals surface area (Å²) in [5.41, 5.74) is 3.87. The average Bonchev–Trinajstić information content (AvgIpc) is 2.35. The van der Waals surface area contributed by atoms with Crippen molar-refractivity contribution in [1.29, 1.82) is 0 Å². The monoisotopic (exact) mass is 234 g/mol. The zero-order valence-corrected chi connectivity index (χ0v) is 10.1. The second kappa shape index (κ2) is 5.32. The fourth-order valence-corrected chi connectivity index (χ4v) is 2.52. The number of carboxylic acid groups (broad SMARTS) is 1. The standard InChI is InChI=1S/C14H18O3/c1-17-13(14(15)16)9-11-7-4-6-10-5-2-3-8-12(10)11/h4,6-7,13H,2-3,5,8-9H2,1H3,(H,15,16). The lowest BCUT2D eigenvalue weighted by Crippen LogP contribution is -2.25. The van der Waals surface area contributed by atoms with Crippen LogP contribution < -0.4 is 0 Å². The molecule has 1 aromatic carbocycles. The molecule has 3 heteroatoms. The van der Waals surface area contributed by atoms with Gasteiger partial charge in [-0.3, -0.25) is 0 Å². The van der Waals surface area contributed by atoms with E-state index in [1.807, 2.05) is 12.1 Å². The van der Waals surface area contributed by atoms with Crippen LogP contribution in [0.15, 0.2) is 18.2 Å². The number of carboxylic acids is 1. The molecule has 0 aliphatic heterocycles. The summed E-state index contributed by atoms with van der Waals surface area (Å²) in [6.07, 6.45) is 4.37. The highest BCUT2D eigenvalue weighted by Crippen LogP contribution is 2.25. The Morgan fingerprint density at radius 2 is 2.18 bits per heavy atom. The first-order chi connectivity index (χ1) is 8.22. The maximum absolute atomic E-state index is 11.0. The van der Waals surface area contributed by atoms with E-state index in [4.69, 9.17) is 9.84 Å². The number of fused-ring (bicyclic) bond motifs is 1. The van der Waals surface area contributed by atoms with Crippen LogP contribution in [0.2, 0.25) is 0 Å². The van der Waals surface area contributed by atoms with Crippen molar-refractivity contribution in [1.82, 2.24) is 0 Å². The summed E-state index contributed by atoms with van der Waals surface area (Å²) in [6.45, 7) is 0. The zero-order chi connectivity index (χ0) is 12.3. The predicted octanol–water partition coefficient (Wildman–Crippen LogP) is 2.21. The first-order valence-corrected chi connectivity index (χ1v) is 6.07. The summed E-state index contributed by atoms with van der Waals surface area (Å²) in [7, 11) is 1.45. The molecular weight excluding hydrogens is 216 g/mol. The molecule has 1 atom stereocenters. The Kier molecular flexibility index (Phi) is 3.79. The van der Waals surface area contributed by atoms with Gasteiger partial charge in [-0.15, -0.1) is 0 Å². The lowest BCUT2D eigenvalue weighted by Gasteiger charge is -2.20. The van der Waals surface area contributed by atoms with Crippen LogP contribution in [0.5, 0.6) is 0 Å². The van der Waals surface area contributed by atoms with E-state index >= 15 is 0 Å². The fraction of sp³-hybridized carbons (Fsp3) is 0.500. The maximum Gasteiger partial charge on any atom is 0.333 e. The molecule has 1 aromatic rings. The Labute approximate surface area is 101 Å². The molecule has 17 heavy (non-hydrogen) atoms. The second-order valence-electron chi connectivity index (χ2n) is 4.53. The highest BCUT2D eigenvalue weighted by Gasteiger charge is 2.20. The third kappa shape index (κ3) is 2.67. The van der Waals surface area contributed by atoms with Crippen LogP contribution in [0.4, 0.5) is 0 Å². The Hall–Kier alpha value is -1.35. The van der Waals surface area contributed by atoms with Gasteiger partial charge in [-0.2, -0.15) is 0 Å². The molecule has 0 radical (unpaired) electrons. The summed E-state index contributed by atoms with van der Waals surface area (Å²) in [4.78, 5) is 11.0. The predicted molar refractivity (Wildman–Crippen MR) is 65.2 cm³/mol. The molecule has 0 bridgehead atoms. The molecule has 1 unspecified atom stereocenters. The van der Waals surface area contributed by atoms with Gasteiger partial charge in [0.1, 0.15) is 0 Å². The molecule has 3 nitrogen and oxygen atoms in total. The van der Waals surface area contributed by atoms with E-state index in [1.165, 1.54) is 31.1 Å². The molecule has 2 rings (SSSR count). The van der Waals surface area contributed by atoms with Crippen molar-refractivity contribution < 1.29 is 14.6 Å². The molecule has 0 saturated heterocycles. The highest BCUT2D eigenvalue weighted by molar-refractivity contribution is 5.72.